The summed E-state index contributed by atoms with van der Waals surface area (Å²) in [5, 5.41) is 0. The predicted molar refractivity (Wildman–Crippen MR) is 110 cm³/mol. The molecule has 3 heterocycles. The van der Waals surface area contributed by atoms with Crippen molar-refractivity contribution in [3.8, 4) is 33.9 Å². The molecular weight excluding hydrogens is 391 g/mol. The van der Waals surface area contributed by atoms with Crippen molar-refractivity contribution in [3.63, 3.8) is 0 Å². The van der Waals surface area contributed by atoms with Crippen LogP contribution in [0.25, 0.3) is 33.9 Å². The third-order valence-corrected chi connectivity index (χ3v) is 4.40. The molecule has 1 radical (unpaired) electrons. The minimum Gasteiger partial charge on any atom is -0.378 e. The summed E-state index contributed by atoms with van der Waals surface area (Å²) in [5.41, 5.74) is 6.77. The van der Waals surface area contributed by atoms with Crippen LogP contribution in [0, 0.1) is 0 Å². The van der Waals surface area contributed by atoms with Gasteiger partial charge >= 0.3 is 0 Å². The second kappa shape index (κ2) is 8.78. The van der Waals surface area contributed by atoms with Gasteiger partial charge < -0.3 is 4.90 Å². The first-order valence-electron chi connectivity index (χ1n) is 8.83. The molecule has 141 valence electrons. The van der Waals surface area contributed by atoms with E-state index in [0.29, 0.717) is 0 Å². The standard InChI is InChI=1S/C23H20N4.Co/c1-27(2)19-11-9-17(10-12-19)18-15-22(20-7-3-5-13-24-20)26-23(16-18)21-8-4-6-14-25-21;/h3-16H,1-2H3;. The minimum absolute atomic E-state index is 0. The first-order valence-corrected chi connectivity index (χ1v) is 8.83. The molecule has 1 aromatic carbocycles. The Hall–Kier alpha value is -3.02. The Balaban J connectivity index is 0.00000225. The summed E-state index contributed by atoms with van der Waals surface area (Å²) in [4.78, 5) is 15.8. The maximum Gasteiger partial charge on any atom is 0.0900 e. The Morgan fingerprint density at radius 1 is 0.607 bits per heavy atom. The average Bonchev–Trinajstić information content (AvgIpc) is 2.75. The second-order valence-corrected chi connectivity index (χ2v) is 6.50. The van der Waals surface area contributed by atoms with Gasteiger partial charge in [-0.2, -0.15) is 0 Å². The van der Waals surface area contributed by atoms with Gasteiger partial charge in [0.2, 0.25) is 0 Å². The van der Waals surface area contributed by atoms with Crippen LogP contribution in [-0.2, 0) is 16.8 Å². The van der Waals surface area contributed by atoms with E-state index in [-0.39, 0.29) is 16.8 Å². The van der Waals surface area contributed by atoms with Crippen LogP contribution >= 0.6 is 0 Å². The summed E-state index contributed by atoms with van der Waals surface area (Å²) in [6.07, 6.45) is 3.58. The van der Waals surface area contributed by atoms with E-state index in [1.54, 1.807) is 12.4 Å². The molecule has 3 aromatic heterocycles. The Labute approximate surface area is 175 Å². The van der Waals surface area contributed by atoms with Gasteiger partial charge in [0.1, 0.15) is 0 Å². The van der Waals surface area contributed by atoms with E-state index in [2.05, 4.69) is 51.3 Å². The third-order valence-electron chi connectivity index (χ3n) is 4.40. The fourth-order valence-corrected chi connectivity index (χ4v) is 2.94. The van der Waals surface area contributed by atoms with Crippen LogP contribution in [0.1, 0.15) is 0 Å². The molecule has 4 nitrogen and oxygen atoms in total. The van der Waals surface area contributed by atoms with Crippen LogP contribution in [0.5, 0.6) is 0 Å². The SMILES string of the molecule is CN(C)c1ccc(-c2cc(-c3ccccn3)nc(-c3ccccn3)c2)cc1.[Co]. The largest absolute Gasteiger partial charge is 0.378 e. The van der Waals surface area contributed by atoms with Gasteiger partial charge in [-0.1, -0.05) is 24.3 Å². The maximum absolute atomic E-state index is 4.81. The Morgan fingerprint density at radius 3 is 1.57 bits per heavy atom. The number of anilines is 1. The molecule has 0 aliphatic rings. The molecule has 0 aliphatic heterocycles. The zero-order chi connectivity index (χ0) is 18.6. The van der Waals surface area contributed by atoms with E-state index in [9.17, 15) is 0 Å². The normalized spacial score (nSPS) is 10.2. The molecule has 0 unspecified atom stereocenters. The van der Waals surface area contributed by atoms with Gasteiger partial charge in [0.15, 0.2) is 0 Å². The fraction of sp³-hybridized carbons (Fsp3) is 0.0870. The summed E-state index contributed by atoms with van der Waals surface area (Å²) in [6.45, 7) is 0. The number of hydrogen-bond acceptors (Lipinski definition) is 4. The van der Waals surface area contributed by atoms with Crippen molar-refractivity contribution in [2.45, 2.75) is 0 Å². The van der Waals surface area contributed by atoms with Gasteiger partial charge in [-0.25, -0.2) is 4.98 Å². The number of rotatable bonds is 4. The van der Waals surface area contributed by atoms with Crippen molar-refractivity contribution in [3.05, 3.63) is 85.2 Å². The molecule has 4 aromatic rings. The van der Waals surface area contributed by atoms with E-state index in [4.69, 9.17) is 4.98 Å². The number of pyridine rings is 3. The molecule has 0 bridgehead atoms. The number of hydrogen-bond donors (Lipinski definition) is 0. The van der Waals surface area contributed by atoms with E-state index in [1.807, 2.05) is 50.5 Å². The third kappa shape index (κ3) is 4.27. The fourth-order valence-electron chi connectivity index (χ4n) is 2.94. The summed E-state index contributed by atoms with van der Waals surface area (Å²) >= 11 is 0. The first kappa shape index (κ1) is 19.7. The Morgan fingerprint density at radius 2 is 1.14 bits per heavy atom. The zero-order valence-electron chi connectivity index (χ0n) is 15.7. The van der Waals surface area contributed by atoms with Gasteiger partial charge in [0.05, 0.1) is 22.8 Å². The van der Waals surface area contributed by atoms with Crippen molar-refractivity contribution in [2.24, 2.45) is 0 Å². The molecule has 0 N–H and O–H groups in total. The number of nitrogens with zero attached hydrogens (tertiary/aromatic N) is 4. The predicted octanol–water partition coefficient (Wildman–Crippen LogP) is 4.94. The molecule has 5 heteroatoms. The minimum atomic E-state index is 0. The van der Waals surface area contributed by atoms with Crippen molar-refractivity contribution >= 4 is 5.69 Å². The Bertz CT molecular complexity index is 975. The summed E-state index contributed by atoms with van der Waals surface area (Å²) in [6, 6.07) is 24.4. The topological polar surface area (TPSA) is 41.9 Å². The Kier molecular flexibility index (Phi) is 6.18. The van der Waals surface area contributed by atoms with Gasteiger partial charge in [0.25, 0.3) is 0 Å². The molecule has 0 aliphatic carbocycles. The van der Waals surface area contributed by atoms with Gasteiger partial charge in [-0.05, 0) is 59.7 Å². The van der Waals surface area contributed by atoms with Crippen molar-refractivity contribution in [2.75, 3.05) is 19.0 Å². The van der Waals surface area contributed by atoms with Crippen LogP contribution in [-0.4, -0.2) is 29.0 Å². The van der Waals surface area contributed by atoms with Crippen LogP contribution in [0.4, 0.5) is 5.69 Å². The molecule has 0 spiro atoms. The maximum atomic E-state index is 4.81. The van der Waals surface area contributed by atoms with Gasteiger partial charge in [-0.15, -0.1) is 0 Å². The molecular formula is C23H20CoN4. The quantitative estimate of drug-likeness (QED) is 0.477. The van der Waals surface area contributed by atoms with Crippen LogP contribution < -0.4 is 4.90 Å². The van der Waals surface area contributed by atoms with E-state index >= 15 is 0 Å². The van der Waals surface area contributed by atoms with Crippen LogP contribution in [0.15, 0.2) is 85.2 Å². The molecule has 0 fully saturated rings. The molecule has 4 rings (SSSR count). The summed E-state index contributed by atoms with van der Waals surface area (Å²) < 4.78 is 0. The molecule has 0 atom stereocenters. The molecule has 0 saturated carbocycles. The smallest absolute Gasteiger partial charge is 0.0900 e. The van der Waals surface area contributed by atoms with Gasteiger partial charge in [0, 0.05) is 49.0 Å². The van der Waals surface area contributed by atoms with E-state index in [0.717, 1.165) is 33.9 Å². The molecule has 0 amide bonds. The summed E-state index contributed by atoms with van der Waals surface area (Å²) in [7, 11) is 4.08. The number of benzene rings is 1. The molecule has 0 saturated heterocycles. The molecule has 28 heavy (non-hydrogen) atoms. The average molecular weight is 411 g/mol. The van der Waals surface area contributed by atoms with E-state index in [1.165, 1.54) is 5.69 Å². The first-order chi connectivity index (χ1) is 13.2. The summed E-state index contributed by atoms with van der Waals surface area (Å²) in [5.74, 6) is 0. The monoisotopic (exact) mass is 411 g/mol. The van der Waals surface area contributed by atoms with Crippen molar-refractivity contribution < 1.29 is 16.8 Å². The van der Waals surface area contributed by atoms with Crippen LogP contribution in [0.2, 0.25) is 0 Å². The van der Waals surface area contributed by atoms with Gasteiger partial charge in [-0.3, -0.25) is 9.97 Å². The number of aromatic nitrogens is 3. The zero-order valence-corrected chi connectivity index (χ0v) is 16.7. The van der Waals surface area contributed by atoms with E-state index < -0.39 is 0 Å². The van der Waals surface area contributed by atoms with Crippen molar-refractivity contribution in [1.29, 1.82) is 0 Å². The second-order valence-electron chi connectivity index (χ2n) is 6.50. The van der Waals surface area contributed by atoms with Crippen molar-refractivity contribution in [1.82, 2.24) is 15.0 Å². The van der Waals surface area contributed by atoms with Crippen LogP contribution in [0.3, 0.4) is 0 Å².